The van der Waals surface area contributed by atoms with Crippen molar-refractivity contribution in [1.29, 1.82) is 0 Å². The Hall–Kier alpha value is -6.23. The summed E-state index contributed by atoms with van der Waals surface area (Å²) in [7, 11) is 0. The lowest BCUT2D eigenvalue weighted by atomic mass is 10.0. The quantitative estimate of drug-likeness (QED) is 0.0188. The Labute approximate surface area is 348 Å². The largest absolute Gasteiger partial charge is 0.481 e. The van der Waals surface area contributed by atoms with Gasteiger partial charge >= 0.3 is 11.9 Å². The van der Waals surface area contributed by atoms with Gasteiger partial charge in [0.15, 0.2) is 5.96 Å². The number of rotatable bonds is 29. The Balaban J connectivity index is 6.18. The van der Waals surface area contributed by atoms with Crippen LogP contribution in [0, 0.1) is 5.92 Å². The number of aliphatic imine (C=N–C) groups is 1. The second-order valence-electron chi connectivity index (χ2n) is 13.9. The van der Waals surface area contributed by atoms with Crippen LogP contribution >= 0.6 is 0 Å². The van der Waals surface area contributed by atoms with Crippen LogP contribution in [0.1, 0.15) is 52.9 Å². The van der Waals surface area contributed by atoms with Crippen LogP contribution in [0.4, 0.5) is 0 Å². The molecule has 9 atom stereocenters. The second-order valence-corrected chi connectivity index (χ2v) is 13.9. The summed E-state index contributed by atoms with van der Waals surface area (Å²) >= 11 is 0. The van der Waals surface area contributed by atoms with Crippen LogP contribution in [-0.2, 0) is 47.9 Å². The Morgan fingerprint density at radius 3 is 1.43 bits per heavy atom. The fourth-order valence-corrected chi connectivity index (χ4v) is 5.02. The summed E-state index contributed by atoms with van der Waals surface area (Å²) < 4.78 is 0. The number of primary amides is 1. The zero-order valence-corrected chi connectivity index (χ0v) is 33.7. The average molecular weight is 879 g/mol. The highest BCUT2D eigenvalue weighted by atomic mass is 16.4. The van der Waals surface area contributed by atoms with Crippen molar-refractivity contribution < 1.29 is 78.6 Å². The molecule has 0 aliphatic rings. The summed E-state index contributed by atoms with van der Waals surface area (Å²) in [6.07, 6.45) is -3.94. The number of carboxylic acid groups (broad SMARTS) is 2. The summed E-state index contributed by atoms with van der Waals surface area (Å²) in [4.78, 5) is 130. The van der Waals surface area contributed by atoms with E-state index in [1.807, 2.05) is 10.6 Å². The van der Waals surface area contributed by atoms with Crippen molar-refractivity contribution >= 4 is 65.2 Å². The van der Waals surface area contributed by atoms with E-state index in [2.05, 4.69) is 31.6 Å². The third-order valence-electron chi connectivity index (χ3n) is 8.18. The van der Waals surface area contributed by atoms with Crippen molar-refractivity contribution in [3.63, 3.8) is 0 Å². The number of carbonyl (C=O) groups is 10. The van der Waals surface area contributed by atoms with E-state index >= 15 is 0 Å². The number of nitrogens with two attached hydrogens (primary N) is 4. The number of hydrogen-bond donors (Lipinski definition) is 17. The number of carboxylic acids is 2. The molecule has 0 aromatic rings. The lowest BCUT2D eigenvalue weighted by Crippen LogP contribution is -2.62. The van der Waals surface area contributed by atoms with Crippen LogP contribution in [0.25, 0.3) is 0 Å². The summed E-state index contributed by atoms with van der Waals surface area (Å²) in [5, 5.41) is 73.0. The first-order valence-corrected chi connectivity index (χ1v) is 18.6. The van der Waals surface area contributed by atoms with Gasteiger partial charge < -0.3 is 90.8 Å². The molecule has 0 aromatic carbocycles. The summed E-state index contributed by atoms with van der Waals surface area (Å²) in [5.74, 6) is -13.3. The van der Waals surface area contributed by atoms with E-state index in [4.69, 9.17) is 22.9 Å². The van der Waals surface area contributed by atoms with Crippen molar-refractivity contribution in [2.24, 2.45) is 33.8 Å². The van der Waals surface area contributed by atoms with Gasteiger partial charge in [-0.25, -0.2) is 4.79 Å². The van der Waals surface area contributed by atoms with Gasteiger partial charge in [-0.1, -0.05) is 13.8 Å². The molecule has 0 rings (SSSR count). The van der Waals surface area contributed by atoms with E-state index < -0.39 is 146 Å². The number of aliphatic hydroxyl groups is 4. The first kappa shape index (κ1) is 54.8. The van der Waals surface area contributed by atoms with Gasteiger partial charge in [-0.15, -0.1) is 0 Å². The topological polar surface area (TPSA) is 493 Å². The molecule has 346 valence electrons. The molecular formula is C33H58N12O16. The summed E-state index contributed by atoms with van der Waals surface area (Å²) in [5.41, 5.74) is 21.1. The molecule has 0 saturated heterocycles. The molecule has 21 N–H and O–H groups in total. The maximum atomic E-state index is 13.4. The predicted molar refractivity (Wildman–Crippen MR) is 207 cm³/mol. The van der Waals surface area contributed by atoms with Gasteiger partial charge in [-0.05, 0) is 32.1 Å². The molecule has 61 heavy (non-hydrogen) atoms. The van der Waals surface area contributed by atoms with Crippen molar-refractivity contribution in [3.8, 4) is 0 Å². The van der Waals surface area contributed by atoms with E-state index in [1.54, 1.807) is 13.8 Å². The van der Waals surface area contributed by atoms with Crippen LogP contribution in [-0.4, -0.2) is 177 Å². The number of carbonyl (C=O) groups excluding carboxylic acids is 8. The van der Waals surface area contributed by atoms with E-state index in [9.17, 15) is 78.6 Å². The molecule has 28 nitrogen and oxygen atoms in total. The normalized spacial score (nSPS) is 15.4. The summed E-state index contributed by atoms with van der Waals surface area (Å²) in [6.45, 7) is 1.27. The van der Waals surface area contributed by atoms with Crippen LogP contribution in [0.3, 0.4) is 0 Å². The predicted octanol–water partition coefficient (Wildman–Crippen LogP) is -9.40. The van der Waals surface area contributed by atoms with Crippen LogP contribution in [0.2, 0.25) is 0 Å². The molecule has 0 aliphatic carbocycles. The third-order valence-corrected chi connectivity index (χ3v) is 8.18. The van der Waals surface area contributed by atoms with E-state index in [1.165, 1.54) is 0 Å². The number of hydrogen-bond acceptors (Lipinski definition) is 16. The number of guanidine groups is 1. The SMILES string of the molecule is CC(C)C[C@H](NC(=O)[C@@H](NC(=O)[C@H](CC(=O)O)NC(=O)[C@H](CO)NC(=O)[C@H](CCCN=C(N)N)NC(=O)[C@@H](N)CO)[C@@H](C)O)C(=O)N[C@@H](CO)C(=O)N[C@@H](CC(N)=O)C(=O)O. The highest BCUT2D eigenvalue weighted by Crippen LogP contribution is 2.08. The Kier molecular flexibility index (Phi) is 24.7. The molecule has 0 aliphatic heterocycles. The van der Waals surface area contributed by atoms with Gasteiger partial charge in [0.05, 0.1) is 38.8 Å². The van der Waals surface area contributed by atoms with Crippen molar-refractivity contribution in [3.05, 3.63) is 0 Å². The molecule has 0 bridgehead atoms. The molecule has 0 spiro atoms. The minimum Gasteiger partial charge on any atom is -0.481 e. The molecule has 0 unspecified atom stereocenters. The first-order chi connectivity index (χ1) is 28.4. The van der Waals surface area contributed by atoms with E-state index in [0.29, 0.717) is 0 Å². The fourth-order valence-electron chi connectivity index (χ4n) is 5.02. The minimum absolute atomic E-state index is 0.00121. The smallest absolute Gasteiger partial charge is 0.326 e. The molecule has 0 saturated carbocycles. The van der Waals surface area contributed by atoms with Gasteiger partial charge in [0, 0.05) is 6.54 Å². The fraction of sp³-hybridized carbons (Fsp3) is 0.667. The first-order valence-electron chi connectivity index (χ1n) is 18.6. The molecular weight excluding hydrogens is 820 g/mol. The lowest BCUT2D eigenvalue weighted by molar-refractivity contribution is -0.144. The monoisotopic (exact) mass is 878 g/mol. The van der Waals surface area contributed by atoms with Crippen LogP contribution < -0.4 is 60.2 Å². The van der Waals surface area contributed by atoms with E-state index in [0.717, 1.165) is 6.92 Å². The lowest BCUT2D eigenvalue weighted by Gasteiger charge is -2.28. The standard InChI is InChI=1S/C33H58N12O16/c1-13(2)7-17(27(55)44-21(12-48)30(58)42-19(32(60)61)8-22(35)50)41-31(59)24(14(3)49)45-28(56)18(9-23(51)52)40-29(57)20(11-47)43-26(54)16(5-4-6-38-33(36)37)39-25(53)15(34)10-46/h13-21,24,46-49H,4-12,34H2,1-3H3,(H2,35,50)(H,39,53)(H,40,57)(H,41,59)(H,42,58)(H,43,54)(H,44,55)(H,45,56)(H,51,52)(H,60,61)(H4,36,37,38)/t14-,15+,16+,17+,18+,19+,20+,21+,24+/m1/s1. The van der Waals surface area contributed by atoms with Crippen LogP contribution in [0.5, 0.6) is 0 Å². The zero-order valence-electron chi connectivity index (χ0n) is 33.7. The van der Waals surface area contributed by atoms with Gasteiger partial charge in [0.1, 0.15) is 48.3 Å². The van der Waals surface area contributed by atoms with Gasteiger partial charge in [0.25, 0.3) is 0 Å². The second kappa shape index (κ2) is 27.5. The minimum atomic E-state index is -2.04. The molecule has 0 radical (unpaired) electrons. The zero-order chi connectivity index (χ0) is 47.1. The molecule has 28 heteroatoms. The highest BCUT2D eigenvalue weighted by Gasteiger charge is 2.36. The number of nitrogens with zero attached hydrogens (tertiary/aromatic N) is 1. The van der Waals surface area contributed by atoms with E-state index in [-0.39, 0.29) is 37.7 Å². The molecule has 8 amide bonds. The number of aliphatic hydroxyl groups excluding tert-OH is 4. The molecule has 0 heterocycles. The Bertz CT molecular complexity index is 1590. The maximum absolute atomic E-state index is 13.4. The third kappa shape index (κ3) is 21.0. The molecule has 0 aromatic heterocycles. The van der Waals surface area contributed by atoms with Crippen LogP contribution in [0.15, 0.2) is 4.99 Å². The Morgan fingerprint density at radius 1 is 0.557 bits per heavy atom. The van der Waals surface area contributed by atoms with Gasteiger partial charge in [-0.3, -0.25) is 48.1 Å². The van der Waals surface area contributed by atoms with Gasteiger partial charge in [-0.2, -0.15) is 0 Å². The number of aliphatic carboxylic acids is 2. The van der Waals surface area contributed by atoms with Gasteiger partial charge in [0.2, 0.25) is 47.3 Å². The Morgan fingerprint density at radius 2 is 1.00 bits per heavy atom. The number of amides is 8. The number of nitrogens with one attached hydrogen (secondary N) is 7. The molecule has 0 fully saturated rings. The summed E-state index contributed by atoms with van der Waals surface area (Å²) in [6, 6.07) is -13.9. The average Bonchev–Trinajstić information content (AvgIpc) is 3.16. The van der Waals surface area contributed by atoms with Crippen molar-refractivity contribution in [2.75, 3.05) is 26.4 Å². The van der Waals surface area contributed by atoms with Crippen molar-refractivity contribution in [1.82, 2.24) is 37.2 Å². The highest BCUT2D eigenvalue weighted by molar-refractivity contribution is 5.98. The van der Waals surface area contributed by atoms with Crippen molar-refractivity contribution in [2.45, 2.75) is 107 Å². The maximum Gasteiger partial charge on any atom is 0.326 e.